The van der Waals surface area contributed by atoms with Crippen LogP contribution in [0.15, 0.2) is 176 Å². The largest absolute Gasteiger partial charge is 0.311 e. The normalized spacial score (nSPS) is 13.4. The van der Waals surface area contributed by atoms with Crippen LogP contribution < -0.4 is 26.2 Å². The number of hydrogen-bond acceptors (Lipinski definition) is 2. The zero-order chi connectivity index (χ0) is 34.7. The molecule has 2 nitrogen and oxygen atoms in total. The third-order valence-corrected chi connectivity index (χ3v) is 11.4. The average molecular weight is 657 g/mol. The molecule has 3 heteroatoms. The van der Waals surface area contributed by atoms with E-state index in [0.29, 0.717) is 0 Å². The van der Waals surface area contributed by atoms with Gasteiger partial charge in [0.2, 0.25) is 0 Å². The molecule has 2 aliphatic rings. The van der Waals surface area contributed by atoms with Gasteiger partial charge in [-0.1, -0.05) is 161 Å². The van der Waals surface area contributed by atoms with Crippen LogP contribution in [-0.4, -0.2) is 6.71 Å². The minimum absolute atomic E-state index is 0.0847. The Kier molecular flexibility index (Phi) is 7.29. The molecule has 2 heterocycles. The highest BCUT2D eigenvalue weighted by molar-refractivity contribution is 7.00. The molecule has 0 atom stereocenters. The number of benzene rings is 7. The predicted octanol–water partition coefficient (Wildman–Crippen LogP) is 10.4. The first kappa shape index (κ1) is 31.2. The van der Waals surface area contributed by atoms with Crippen LogP contribution >= 0.6 is 0 Å². The van der Waals surface area contributed by atoms with Gasteiger partial charge in [0.15, 0.2) is 0 Å². The lowest BCUT2D eigenvalue weighted by Crippen LogP contribution is -2.61. The molecule has 9 rings (SSSR count). The Hall–Kier alpha value is -5.80. The summed E-state index contributed by atoms with van der Waals surface area (Å²) in [6.07, 6.45) is 0. The minimum Gasteiger partial charge on any atom is -0.311 e. The van der Waals surface area contributed by atoms with Gasteiger partial charge in [-0.05, 0) is 81.1 Å². The summed E-state index contributed by atoms with van der Waals surface area (Å²) >= 11 is 0. The predicted molar refractivity (Wildman–Crippen MR) is 218 cm³/mol. The topological polar surface area (TPSA) is 6.48 Å². The summed E-state index contributed by atoms with van der Waals surface area (Å²) in [5.41, 5.74) is 16.2. The number of fused-ring (bicyclic) bond motifs is 4. The van der Waals surface area contributed by atoms with Crippen LogP contribution in [0.3, 0.4) is 0 Å². The van der Waals surface area contributed by atoms with Crippen LogP contribution in [-0.2, 0) is 10.8 Å². The zero-order valence-electron chi connectivity index (χ0n) is 29.7. The monoisotopic (exact) mass is 656 g/mol. The fourth-order valence-electron chi connectivity index (χ4n) is 8.62. The summed E-state index contributed by atoms with van der Waals surface area (Å²) in [6, 6.07) is 64.8. The first-order chi connectivity index (χ1) is 24.9. The summed E-state index contributed by atoms with van der Waals surface area (Å²) < 4.78 is 0. The van der Waals surface area contributed by atoms with E-state index in [-0.39, 0.29) is 17.5 Å². The summed E-state index contributed by atoms with van der Waals surface area (Å²) in [5, 5.41) is 0. The van der Waals surface area contributed by atoms with Crippen molar-refractivity contribution < 1.29 is 0 Å². The number of rotatable bonds is 6. The van der Waals surface area contributed by atoms with E-state index in [1.807, 2.05) is 0 Å². The van der Waals surface area contributed by atoms with E-state index in [9.17, 15) is 0 Å². The molecule has 0 fully saturated rings. The van der Waals surface area contributed by atoms with Crippen molar-refractivity contribution in [3.05, 3.63) is 198 Å². The molecular formula is C48H41BN2. The summed E-state index contributed by atoms with van der Waals surface area (Å²) in [6.45, 7) is 9.48. The Morgan fingerprint density at radius 3 is 1.51 bits per heavy atom. The number of para-hydroxylation sites is 3. The minimum atomic E-state index is -0.251. The maximum atomic E-state index is 2.56. The van der Waals surface area contributed by atoms with Crippen molar-refractivity contribution in [1.29, 1.82) is 0 Å². The molecule has 0 saturated heterocycles. The van der Waals surface area contributed by atoms with E-state index in [4.69, 9.17) is 0 Å². The van der Waals surface area contributed by atoms with Crippen LogP contribution in [0.5, 0.6) is 0 Å². The fourth-order valence-corrected chi connectivity index (χ4v) is 8.62. The highest BCUT2D eigenvalue weighted by Crippen LogP contribution is 2.48. The van der Waals surface area contributed by atoms with Gasteiger partial charge in [-0.15, -0.1) is 0 Å². The fraction of sp³-hybridized carbons (Fsp3) is 0.125. The third-order valence-electron chi connectivity index (χ3n) is 11.4. The number of nitrogens with zero attached hydrogens (tertiary/aromatic N) is 2. The Labute approximate surface area is 302 Å². The Morgan fingerprint density at radius 2 is 0.843 bits per heavy atom. The van der Waals surface area contributed by atoms with Crippen LogP contribution in [0.1, 0.15) is 49.9 Å². The first-order valence-corrected chi connectivity index (χ1v) is 18.1. The van der Waals surface area contributed by atoms with Gasteiger partial charge in [0.1, 0.15) is 0 Å². The quantitative estimate of drug-likeness (QED) is 0.164. The molecule has 0 bridgehead atoms. The Morgan fingerprint density at radius 1 is 0.373 bits per heavy atom. The van der Waals surface area contributed by atoms with E-state index in [1.54, 1.807) is 0 Å². The molecule has 0 aliphatic carbocycles. The van der Waals surface area contributed by atoms with Crippen molar-refractivity contribution in [1.82, 2.24) is 0 Å². The molecular weight excluding hydrogens is 615 g/mol. The lowest BCUT2D eigenvalue weighted by molar-refractivity contribution is 0.640. The van der Waals surface area contributed by atoms with Crippen LogP contribution in [0.4, 0.5) is 34.1 Å². The van der Waals surface area contributed by atoms with Gasteiger partial charge in [-0.3, -0.25) is 0 Å². The maximum Gasteiger partial charge on any atom is 0.252 e. The SMILES string of the molecule is CC(C)(c1ccccc1)c1ccc(N2c3cccc4c3B(c3ccccc3N4c3ccccc3)c3cccc(C(C)(C)c4ccccc4)c32)cc1. The molecule has 2 aliphatic heterocycles. The molecule has 0 saturated carbocycles. The molecule has 0 aromatic heterocycles. The van der Waals surface area contributed by atoms with Crippen molar-refractivity contribution >= 4 is 57.2 Å². The summed E-state index contributed by atoms with van der Waals surface area (Å²) in [5.74, 6) is 0. The van der Waals surface area contributed by atoms with Gasteiger partial charge in [0.25, 0.3) is 6.71 Å². The number of anilines is 6. The van der Waals surface area contributed by atoms with Crippen LogP contribution in [0.2, 0.25) is 0 Å². The molecule has 0 spiro atoms. The molecule has 246 valence electrons. The Balaban J connectivity index is 1.31. The van der Waals surface area contributed by atoms with Crippen molar-refractivity contribution in [2.45, 2.75) is 38.5 Å². The first-order valence-electron chi connectivity index (χ1n) is 18.1. The molecule has 0 radical (unpaired) electrons. The van der Waals surface area contributed by atoms with E-state index in [2.05, 4.69) is 213 Å². The average Bonchev–Trinajstić information content (AvgIpc) is 3.18. The van der Waals surface area contributed by atoms with Crippen molar-refractivity contribution in [2.24, 2.45) is 0 Å². The van der Waals surface area contributed by atoms with Gasteiger partial charge >= 0.3 is 0 Å². The van der Waals surface area contributed by atoms with Crippen LogP contribution in [0.25, 0.3) is 0 Å². The second-order valence-electron chi connectivity index (χ2n) is 15.0. The highest BCUT2D eigenvalue weighted by Gasteiger charge is 2.45. The maximum absolute atomic E-state index is 2.56. The van der Waals surface area contributed by atoms with Crippen LogP contribution in [0, 0.1) is 0 Å². The second kappa shape index (κ2) is 11.9. The Bertz CT molecular complexity index is 2360. The van der Waals surface area contributed by atoms with Gasteiger partial charge in [-0.25, -0.2) is 0 Å². The molecule has 0 N–H and O–H groups in total. The van der Waals surface area contributed by atoms with Crippen molar-refractivity contribution in [3.8, 4) is 0 Å². The van der Waals surface area contributed by atoms with Crippen molar-refractivity contribution in [3.63, 3.8) is 0 Å². The molecule has 7 aromatic carbocycles. The highest BCUT2D eigenvalue weighted by atomic mass is 15.2. The number of hydrogen-bond donors (Lipinski definition) is 0. The van der Waals surface area contributed by atoms with Gasteiger partial charge < -0.3 is 9.80 Å². The molecule has 51 heavy (non-hydrogen) atoms. The van der Waals surface area contributed by atoms with E-state index in [1.165, 1.54) is 67.1 Å². The molecule has 0 amide bonds. The van der Waals surface area contributed by atoms with E-state index < -0.39 is 0 Å². The van der Waals surface area contributed by atoms with Gasteiger partial charge in [-0.2, -0.15) is 0 Å². The van der Waals surface area contributed by atoms with E-state index in [0.717, 1.165) is 5.69 Å². The molecule has 7 aromatic rings. The smallest absolute Gasteiger partial charge is 0.252 e. The second-order valence-corrected chi connectivity index (χ2v) is 15.0. The summed E-state index contributed by atoms with van der Waals surface area (Å²) in [7, 11) is 0. The van der Waals surface area contributed by atoms with E-state index >= 15 is 0 Å². The van der Waals surface area contributed by atoms with Gasteiger partial charge in [0, 0.05) is 45.0 Å². The van der Waals surface area contributed by atoms with Gasteiger partial charge in [0.05, 0.1) is 0 Å². The molecule has 0 unspecified atom stereocenters. The third kappa shape index (κ3) is 4.87. The van der Waals surface area contributed by atoms with Crippen molar-refractivity contribution in [2.75, 3.05) is 9.80 Å². The zero-order valence-corrected chi connectivity index (χ0v) is 29.7. The standard InChI is InChI=1S/C48H41BN2/c1-47(2,34-18-8-5-9-19-34)36-30-32-38(33-31-36)51-44-29-17-28-43-45(44)49(40-25-14-15-27-42(40)50(43)37-22-12-7-13-23-37)41-26-16-24-39(46(41)51)48(3,4)35-20-10-6-11-21-35/h5-33H,1-4H3. The lowest BCUT2D eigenvalue weighted by Gasteiger charge is -2.46. The lowest BCUT2D eigenvalue weighted by atomic mass is 9.33. The summed E-state index contributed by atoms with van der Waals surface area (Å²) in [4.78, 5) is 5.01.